The Morgan fingerprint density at radius 1 is 0.273 bits per heavy atom. The summed E-state index contributed by atoms with van der Waals surface area (Å²) in [5, 5.41) is 0. The van der Waals surface area contributed by atoms with Gasteiger partial charge in [-0.3, -0.25) is 0 Å². The summed E-state index contributed by atoms with van der Waals surface area (Å²) in [4.78, 5) is 31.0. The quantitative estimate of drug-likeness (QED) is 0.147. The van der Waals surface area contributed by atoms with Crippen LogP contribution in [0.1, 0.15) is 11.1 Å². The second-order valence-electron chi connectivity index (χ2n) is 18.0. The Hall–Kier alpha value is -8.46. The van der Waals surface area contributed by atoms with Gasteiger partial charge in [-0.15, -0.1) is 0 Å². The molecule has 0 fully saturated rings. The monoisotopic (exact) mass is 1190 g/mol. The number of hydrogen-bond donors (Lipinski definition) is 0. The summed E-state index contributed by atoms with van der Waals surface area (Å²) in [6.45, 7) is 0. The molecule has 0 bridgehead atoms. The van der Waals surface area contributed by atoms with E-state index in [1.165, 1.54) is 31.4 Å². The van der Waals surface area contributed by atoms with Crippen LogP contribution in [0.15, 0.2) is 271 Å². The van der Waals surface area contributed by atoms with Gasteiger partial charge in [0.25, 0.3) is 0 Å². The Balaban J connectivity index is 0.000000130. The predicted octanol–water partition coefficient (Wildman–Crippen LogP) is 13.2. The zero-order chi connectivity index (χ0) is 51.8. The van der Waals surface area contributed by atoms with Crippen molar-refractivity contribution < 1.29 is 0 Å². The average molecular weight is 1190 g/mol. The molecule has 10 heteroatoms. The molecule has 2 aliphatic heterocycles. The van der Waals surface area contributed by atoms with Gasteiger partial charge in [0.1, 0.15) is 0 Å². The van der Waals surface area contributed by atoms with Crippen LogP contribution in [-0.2, 0) is 6.42 Å². The minimum absolute atomic E-state index is 0.288. The van der Waals surface area contributed by atoms with E-state index in [2.05, 4.69) is 147 Å². The Bertz CT molecular complexity index is 3720. The first kappa shape index (κ1) is 49.4. The van der Waals surface area contributed by atoms with E-state index in [0.717, 1.165) is 50.0 Å². The van der Waals surface area contributed by atoms with E-state index in [4.69, 9.17) is 24.9 Å². The second-order valence-corrected chi connectivity index (χ2v) is 23.5. The van der Waals surface area contributed by atoms with Gasteiger partial charge in [-0.2, -0.15) is 0 Å². The summed E-state index contributed by atoms with van der Waals surface area (Å²) < 4.78 is 6.91. The third-order valence-corrected chi connectivity index (χ3v) is 18.4. The molecule has 10 aromatic carbocycles. The number of benzene rings is 10. The Morgan fingerprint density at radius 2 is 0.545 bits per heavy atom. The SMILES string of the molecule is Brc1ccc(-c2nc(-c3ccccc3)nc(-c3ccccc3)n2)cc1.c1ccc(-c2nc(-c3ccccc3)nc(-c3ccc(N4c5ccccc5[Se]c5ccccc54)cc3)n2)cc1.c1ccc2c(c1)Cc1ccccc1[Se]2. The molecule has 0 radical (unpaired) electrons. The molecule has 4 heterocycles. The zero-order valence-corrected chi connectivity index (χ0v) is 46.4. The van der Waals surface area contributed by atoms with E-state index in [-0.39, 0.29) is 15.0 Å². The van der Waals surface area contributed by atoms with E-state index in [0.29, 0.717) is 49.9 Å². The predicted molar refractivity (Wildman–Crippen MR) is 320 cm³/mol. The van der Waals surface area contributed by atoms with Gasteiger partial charge < -0.3 is 0 Å². The molecule has 2 aliphatic rings. The molecule has 77 heavy (non-hydrogen) atoms. The van der Waals surface area contributed by atoms with E-state index in [1.807, 2.05) is 146 Å². The van der Waals surface area contributed by atoms with Gasteiger partial charge in [0.2, 0.25) is 0 Å². The molecule has 368 valence electrons. The van der Waals surface area contributed by atoms with Crippen LogP contribution in [0.25, 0.3) is 68.3 Å². The van der Waals surface area contributed by atoms with Crippen molar-refractivity contribution in [1.82, 2.24) is 29.9 Å². The summed E-state index contributed by atoms with van der Waals surface area (Å²) in [7, 11) is 0. The molecule has 0 N–H and O–H groups in total. The standard InChI is InChI=1S/C33H22N4Se.C21H14BrN3.C13H10Se/c1-3-11-23(12-4-1)31-34-32(24-13-5-2-6-14-24)36-33(35-31)25-19-21-26(22-20-25)37-27-15-7-9-17-29(27)38-30-18-10-8-16-28(30)37;22-18-13-11-17(12-14-18)21-24-19(15-7-3-1-4-8-15)23-20(25-21)16-9-5-2-6-10-16;1-3-7-12-10(5-1)9-11-6-2-4-8-13(11)14-12/h1-22H;1-14H;1-8H,9H2. The summed E-state index contributed by atoms with van der Waals surface area (Å²) in [5.41, 5.74) is 12.4. The second kappa shape index (κ2) is 23.2. The van der Waals surface area contributed by atoms with Crippen LogP contribution in [0.3, 0.4) is 0 Å². The van der Waals surface area contributed by atoms with Crippen LogP contribution in [-0.4, -0.2) is 59.8 Å². The molecule has 0 amide bonds. The fourth-order valence-corrected chi connectivity index (χ4v) is 13.8. The zero-order valence-electron chi connectivity index (χ0n) is 41.4. The van der Waals surface area contributed by atoms with Crippen molar-refractivity contribution in [3.05, 3.63) is 283 Å². The van der Waals surface area contributed by atoms with Crippen LogP contribution in [0, 0.1) is 0 Å². The maximum atomic E-state index is 4.88. The first-order valence-electron chi connectivity index (χ1n) is 25.2. The van der Waals surface area contributed by atoms with Gasteiger partial charge in [0.05, 0.1) is 0 Å². The summed E-state index contributed by atoms with van der Waals surface area (Å²) in [6, 6.07) is 91.7. The molecule has 12 aromatic rings. The molecular formula is C67H46BrN7Se2. The number of nitrogens with zero attached hydrogens (tertiary/aromatic N) is 7. The maximum absolute atomic E-state index is 4.88. The fourth-order valence-electron chi connectivity index (χ4n) is 9.04. The Labute approximate surface area is 469 Å². The molecular weight excluding hydrogens is 1140 g/mol. The van der Waals surface area contributed by atoms with E-state index < -0.39 is 0 Å². The van der Waals surface area contributed by atoms with Crippen LogP contribution >= 0.6 is 15.9 Å². The van der Waals surface area contributed by atoms with Crippen molar-refractivity contribution in [3.8, 4) is 68.3 Å². The van der Waals surface area contributed by atoms with Crippen molar-refractivity contribution in [2.45, 2.75) is 6.42 Å². The molecule has 0 atom stereocenters. The third-order valence-electron chi connectivity index (χ3n) is 12.9. The molecule has 0 unspecified atom stereocenters. The number of halogens is 1. The Kier molecular flexibility index (Phi) is 14.9. The summed E-state index contributed by atoms with van der Waals surface area (Å²) >= 11 is 4.27. The van der Waals surface area contributed by atoms with E-state index in [1.54, 1.807) is 8.92 Å². The van der Waals surface area contributed by atoms with Crippen molar-refractivity contribution in [3.63, 3.8) is 0 Å². The molecule has 7 nitrogen and oxygen atoms in total. The number of anilines is 3. The minimum atomic E-state index is 0.288. The van der Waals surface area contributed by atoms with E-state index in [9.17, 15) is 0 Å². The van der Waals surface area contributed by atoms with Gasteiger partial charge in [-0.05, 0) is 12.1 Å². The first-order chi connectivity index (χ1) is 38.1. The summed E-state index contributed by atoms with van der Waals surface area (Å²) in [5.74, 6) is 4.01. The normalized spacial score (nSPS) is 11.8. The average Bonchev–Trinajstić information content (AvgIpc) is 3.55. The number of rotatable bonds is 7. The van der Waals surface area contributed by atoms with Crippen LogP contribution < -0.4 is 22.7 Å². The van der Waals surface area contributed by atoms with Crippen molar-refractivity contribution in [2.24, 2.45) is 0 Å². The third kappa shape index (κ3) is 11.4. The fraction of sp³-hybridized carbons (Fsp3) is 0.0149. The van der Waals surface area contributed by atoms with E-state index >= 15 is 0 Å². The topological polar surface area (TPSA) is 80.6 Å². The number of fused-ring (bicyclic) bond motifs is 4. The van der Waals surface area contributed by atoms with Gasteiger partial charge in [0.15, 0.2) is 17.5 Å². The molecule has 0 saturated heterocycles. The molecule has 0 aliphatic carbocycles. The molecule has 0 saturated carbocycles. The van der Waals surface area contributed by atoms with Crippen LogP contribution in [0.2, 0.25) is 0 Å². The van der Waals surface area contributed by atoms with Gasteiger partial charge >= 0.3 is 282 Å². The molecule has 0 spiro atoms. The van der Waals surface area contributed by atoms with Crippen molar-refractivity contribution >= 4 is 80.8 Å². The first-order valence-corrected chi connectivity index (χ1v) is 29.4. The van der Waals surface area contributed by atoms with Crippen molar-refractivity contribution in [2.75, 3.05) is 4.90 Å². The van der Waals surface area contributed by atoms with Gasteiger partial charge in [-0.1, -0.05) is 125 Å². The summed E-state index contributed by atoms with van der Waals surface area (Å²) in [6.07, 6.45) is 1.12. The molecule has 14 rings (SSSR count). The van der Waals surface area contributed by atoms with Gasteiger partial charge in [-0.25, -0.2) is 15.0 Å². The Morgan fingerprint density at radius 3 is 0.909 bits per heavy atom. The van der Waals surface area contributed by atoms with Gasteiger partial charge in [0, 0.05) is 21.2 Å². The van der Waals surface area contributed by atoms with Crippen LogP contribution in [0.4, 0.5) is 17.1 Å². The number of aromatic nitrogens is 6. The number of hydrogen-bond acceptors (Lipinski definition) is 7. The number of para-hydroxylation sites is 2. The van der Waals surface area contributed by atoms with Crippen LogP contribution in [0.5, 0.6) is 0 Å². The van der Waals surface area contributed by atoms with Crippen molar-refractivity contribution in [1.29, 1.82) is 0 Å². The molecule has 2 aromatic heterocycles.